The van der Waals surface area contributed by atoms with E-state index in [0.717, 1.165) is 19.3 Å². The molecule has 1 spiro atoms. The van der Waals surface area contributed by atoms with Gasteiger partial charge in [0.1, 0.15) is 11.6 Å². The number of amides is 3. The van der Waals surface area contributed by atoms with Crippen molar-refractivity contribution >= 4 is 23.4 Å². The lowest BCUT2D eigenvalue weighted by molar-refractivity contribution is -0.146. The molecular formula is C27H39N3O5. The third-order valence-corrected chi connectivity index (χ3v) is 8.27. The van der Waals surface area contributed by atoms with Crippen molar-refractivity contribution < 1.29 is 24.2 Å². The Morgan fingerprint density at radius 1 is 1.14 bits per heavy atom. The first-order valence-corrected chi connectivity index (χ1v) is 13.0. The molecule has 4 rings (SSSR count). The van der Waals surface area contributed by atoms with Crippen LogP contribution in [0.5, 0.6) is 0 Å². The van der Waals surface area contributed by atoms with Gasteiger partial charge in [0.15, 0.2) is 0 Å². The Balaban J connectivity index is 1.66. The lowest BCUT2D eigenvalue weighted by Crippen LogP contribution is -2.55. The molecule has 8 nitrogen and oxygen atoms in total. The summed E-state index contributed by atoms with van der Waals surface area (Å²) in [6.07, 6.45) is 4.47. The number of carbonyl (C=O) groups is 3. The molecule has 6 atom stereocenters. The minimum atomic E-state index is -1.02. The Bertz CT molecular complexity index is 940. The Hall–Kier alpha value is -2.45. The molecule has 3 fully saturated rings. The Kier molecular flexibility index (Phi) is 7.52. The van der Waals surface area contributed by atoms with Crippen LogP contribution in [0.1, 0.15) is 59.3 Å². The second-order valence-corrected chi connectivity index (χ2v) is 10.5. The van der Waals surface area contributed by atoms with Crippen molar-refractivity contribution in [3.63, 3.8) is 0 Å². The summed E-state index contributed by atoms with van der Waals surface area (Å²) in [4.78, 5) is 42.8. The second-order valence-electron chi connectivity index (χ2n) is 10.5. The molecule has 3 amide bonds. The van der Waals surface area contributed by atoms with E-state index in [1.54, 1.807) is 4.90 Å². The van der Waals surface area contributed by atoms with Gasteiger partial charge >= 0.3 is 0 Å². The number of anilines is 1. The number of benzene rings is 1. The highest BCUT2D eigenvalue weighted by molar-refractivity contribution is 6.02. The zero-order chi connectivity index (χ0) is 25.2. The normalized spacial score (nSPS) is 33.1. The molecule has 0 radical (unpaired) electrons. The number of aliphatic hydroxyl groups excluding tert-OH is 1. The largest absolute Gasteiger partial charge is 0.396 e. The number of hydrogen-bond acceptors (Lipinski definition) is 5. The molecule has 3 N–H and O–H groups in total. The average molecular weight is 486 g/mol. The van der Waals surface area contributed by atoms with Crippen molar-refractivity contribution in [2.24, 2.45) is 17.8 Å². The molecule has 1 aromatic rings. The fourth-order valence-electron chi connectivity index (χ4n) is 6.48. The predicted molar refractivity (Wildman–Crippen MR) is 132 cm³/mol. The fraction of sp³-hybridized carbons (Fsp3) is 0.667. The molecule has 8 heteroatoms. The smallest absolute Gasteiger partial charge is 0.245 e. The van der Waals surface area contributed by atoms with E-state index in [0.29, 0.717) is 38.0 Å². The van der Waals surface area contributed by atoms with Crippen molar-refractivity contribution in [1.29, 1.82) is 0 Å². The lowest BCUT2D eigenvalue weighted by atomic mass is 9.62. The second kappa shape index (κ2) is 10.3. The topological polar surface area (TPSA) is 108 Å². The fourth-order valence-corrected chi connectivity index (χ4v) is 6.48. The third-order valence-electron chi connectivity index (χ3n) is 8.27. The summed E-state index contributed by atoms with van der Waals surface area (Å²) >= 11 is 0. The van der Waals surface area contributed by atoms with Crippen molar-refractivity contribution in [1.82, 2.24) is 10.2 Å². The van der Waals surface area contributed by atoms with Crippen LogP contribution in [0.25, 0.3) is 0 Å². The first-order chi connectivity index (χ1) is 16.8. The maximum Gasteiger partial charge on any atom is 0.245 e. The molecule has 1 aromatic carbocycles. The first-order valence-electron chi connectivity index (χ1n) is 13.0. The highest BCUT2D eigenvalue weighted by Gasteiger charge is 2.79. The summed E-state index contributed by atoms with van der Waals surface area (Å²) in [6, 6.07) is 8.47. The van der Waals surface area contributed by atoms with Crippen LogP contribution in [0.2, 0.25) is 0 Å². The summed E-state index contributed by atoms with van der Waals surface area (Å²) in [5.74, 6) is -1.99. The molecule has 35 heavy (non-hydrogen) atoms. The number of carbonyl (C=O) groups excluding carboxylic acids is 3. The van der Waals surface area contributed by atoms with Gasteiger partial charge in [-0.25, -0.2) is 0 Å². The Morgan fingerprint density at radius 3 is 2.57 bits per heavy atom. The molecule has 2 bridgehead atoms. The van der Waals surface area contributed by atoms with Gasteiger partial charge in [-0.1, -0.05) is 38.5 Å². The maximum absolute atomic E-state index is 13.9. The number of nitrogens with one attached hydrogen (secondary N) is 2. The van der Waals surface area contributed by atoms with Crippen LogP contribution in [0, 0.1) is 17.8 Å². The van der Waals surface area contributed by atoms with Crippen molar-refractivity contribution in [2.45, 2.75) is 76.5 Å². The molecule has 3 unspecified atom stereocenters. The van der Waals surface area contributed by atoms with E-state index in [1.807, 2.05) is 44.2 Å². The zero-order valence-electron chi connectivity index (χ0n) is 21.1. The van der Waals surface area contributed by atoms with Crippen LogP contribution in [-0.2, 0) is 19.1 Å². The van der Waals surface area contributed by atoms with Crippen LogP contribution >= 0.6 is 0 Å². The van der Waals surface area contributed by atoms with Crippen LogP contribution in [0.4, 0.5) is 5.69 Å². The highest BCUT2D eigenvalue weighted by atomic mass is 16.5. The van der Waals surface area contributed by atoms with Gasteiger partial charge in [-0.2, -0.15) is 0 Å². The molecule has 3 heterocycles. The number of rotatable bonds is 11. The van der Waals surface area contributed by atoms with Crippen LogP contribution < -0.4 is 10.6 Å². The molecule has 0 aromatic heterocycles. The number of aliphatic hydroxyl groups is 1. The predicted octanol–water partition coefficient (Wildman–Crippen LogP) is 2.71. The summed E-state index contributed by atoms with van der Waals surface area (Å²) in [7, 11) is 0. The van der Waals surface area contributed by atoms with Crippen LogP contribution in [-0.4, -0.2) is 64.7 Å². The van der Waals surface area contributed by atoms with Gasteiger partial charge in [0.2, 0.25) is 17.7 Å². The zero-order valence-corrected chi connectivity index (χ0v) is 21.1. The standard InChI is InChI=1S/C27H39N3O5/c1-4-5-14-28-24(33)22-27-17-18(2)26(3,35-27)20(23(32)29-19-12-8-6-9-13-19)21(27)25(34)30(22)15-10-7-11-16-31/h6,8-9,12-13,18,20-22,31H,4-5,7,10-11,14-17H2,1-3H3,(H,28,33)(H,29,32)/t18?,20-,21-,22?,26+,27?/m0/s1. The molecule has 3 saturated heterocycles. The van der Waals surface area contributed by atoms with Gasteiger partial charge in [-0.15, -0.1) is 0 Å². The van der Waals surface area contributed by atoms with E-state index in [1.165, 1.54) is 0 Å². The number of ether oxygens (including phenoxy) is 1. The van der Waals surface area contributed by atoms with E-state index in [4.69, 9.17) is 9.84 Å². The first kappa shape index (κ1) is 25.6. The molecule has 0 saturated carbocycles. The van der Waals surface area contributed by atoms with Crippen molar-refractivity contribution in [2.75, 3.05) is 25.0 Å². The SMILES string of the molecule is CCCCNC(=O)C1N(CCCCCO)C(=O)[C@@H]2[C@@H](C(=O)Nc3ccccc3)[C@]3(C)OC12CC3C. The quantitative estimate of drug-likeness (QED) is 0.418. The average Bonchev–Trinajstić information content (AvgIpc) is 3.34. The summed E-state index contributed by atoms with van der Waals surface area (Å²) in [6.45, 7) is 7.09. The van der Waals surface area contributed by atoms with E-state index in [2.05, 4.69) is 17.6 Å². The number of para-hydroxylation sites is 1. The summed E-state index contributed by atoms with van der Waals surface area (Å²) < 4.78 is 6.70. The van der Waals surface area contributed by atoms with Gasteiger partial charge in [-0.3, -0.25) is 14.4 Å². The number of fused-ring (bicyclic) bond motifs is 1. The summed E-state index contributed by atoms with van der Waals surface area (Å²) in [5, 5.41) is 15.2. The van der Waals surface area contributed by atoms with Gasteiger partial charge in [-0.05, 0) is 57.1 Å². The minimum absolute atomic E-state index is 0.0124. The van der Waals surface area contributed by atoms with E-state index in [9.17, 15) is 14.4 Å². The molecular weight excluding hydrogens is 446 g/mol. The number of likely N-dealkylation sites (tertiary alicyclic amines) is 1. The van der Waals surface area contributed by atoms with Gasteiger partial charge in [0.05, 0.1) is 17.4 Å². The third kappa shape index (κ3) is 4.35. The number of unbranched alkanes of at least 4 members (excludes halogenated alkanes) is 3. The number of nitrogens with zero attached hydrogens (tertiary/aromatic N) is 1. The maximum atomic E-state index is 13.9. The Morgan fingerprint density at radius 2 is 1.89 bits per heavy atom. The van der Waals surface area contributed by atoms with Gasteiger partial charge < -0.3 is 25.4 Å². The van der Waals surface area contributed by atoms with Gasteiger partial charge in [0.25, 0.3) is 0 Å². The van der Waals surface area contributed by atoms with Gasteiger partial charge in [0, 0.05) is 25.4 Å². The van der Waals surface area contributed by atoms with Crippen LogP contribution in [0.15, 0.2) is 30.3 Å². The van der Waals surface area contributed by atoms with Crippen molar-refractivity contribution in [3.05, 3.63) is 30.3 Å². The van der Waals surface area contributed by atoms with Crippen LogP contribution in [0.3, 0.4) is 0 Å². The minimum Gasteiger partial charge on any atom is -0.396 e. The monoisotopic (exact) mass is 485 g/mol. The Labute approximate surface area is 207 Å². The molecule has 3 aliphatic rings. The molecule has 192 valence electrons. The molecule has 0 aliphatic carbocycles. The van der Waals surface area contributed by atoms with E-state index >= 15 is 0 Å². The van der Waals surface area contributed by atoms with Crippen molar-refractivity contribution in [3.8, 4) is 0 Å². The summed E-state index contributed by atoms with van der Waals surface area (Å²) in [5.41, 5.74) is -1.17. The highest BCUT2D eigenvalue weighted by Crippen LogP contribution is 2.65. The molecule has 3 aliphatic heterocycles. The lowest BCUT2D eigenvalue weighted by Gasteiger charge is -2.36. The van der Waals surface area contributed by atoms with E-state index < -0.39 is 29.1 Å². The number of hydrogen-bond donors (Lipinski definition) is 3. The van der Waals surface area contributed by atoms with E-state index in [-0.39, 0.29) is 30.2 Å².